The van der Waals surface area contributed by atoms with Gasteiger partial charge in [-0.1, -0.05) is 39.8 Å². The second-order valence-corrected chi connectivity index (χ2v) is 7.53. The molecule has 23 heavy (non-hydrogen) atoms. The molecule has 120 valence electrons. The summed E-state index contributed by atoms with van der Waals surface area (Å²) in [6.07, 6.45) is 0. The minimum atomic E-state index is -0.516. The Morgan fingerprint density at radius 2 is 2.17 bits per heavy atom. The van der Waals surface area contributed by atoms with Gasteiger partial charge in [-0.3, -0.25) is 9.69 Å². The molecule has 2 aliphatic heterocycles. The van der Waals surface area contributed by atoms with E-state index in [0.29, 0.717) is 16.4 Å². The molecule has 1 aromatic carbocycles. The van der Waals surface area contributed by atoms with Gasteiger partial charge in [-0.05, 0) is 31.5 Å². The van der Waals surface area contributed by atoms with Crippen LogP contribution in [0.5, 0.6) is 0 Å². The van der Waals surface area contributed by atoms with Gasteiger partial charge in [0.1, 0.15) is 0 Å². The van der Waals surface area contributed by atoms with Crippen LogP contribution in [0.1, 0.15) is 25.5 Å². The topological polar surface area (TPSA) is 59.0 Å². The summed E-state index contributed by atoms with van der Waals surface area (Å²) in [5.41, 5.74) is 1.83. The van der Waals surface area contributed by atoms with Crippen molar-refractivity contribution in [2.45, 2.75) is 25.1 Å². The summed E-state index contributed by atoms with van der Waals surface area (Å²) in [6.45, 7) is 3.62. The summed E-state index contributed by atoms with van der Waals surface area (Å²) in [5, 5.41) is 0.422. The molecule has 2 aliphatic rings. The van der Waals surface area contributed by atoms with Crippen molar-refractivity contribution in [1.82, 2.24) is 4.90 Å². The monoisotopic (exact) mass is 394 g/mol. The Balaban J connectivity index is 2.19. The predicted octanol–water partition coefficient (Wildman–Crippen LogP) is 3.27. The smallest absolute Gasteiger partial charge is 0.338 e. The molecule has 1 amide bonds. The van der Waals surface area contributed by atoms with Gasteiger partial charge in [0.25, 0.3) is 0 Å². The van der Waals surface area contributed by atoms with Crippen LogP contribution in [-0.4, -0.2) is 34.3 Å². The second kappa shape index (κ2) is 6.13. The second-order valence-electron chi connectivity index (χ2n) is 5.31. The normalized spacial score (nSPS) is 23.7. The van der Waals surface area contributed by atoms with Crippen LogP contribution in [0.4, 0.5) is 0 Å². The molecule has 0 bridgehead atoms. The van der Waals surface area contributed by atoms with E-state index in [2.05, 4.69) is 20.9 Å². The Labute approximate surface area is 146 Å². The van der Waals surface area contributed by atoms with Crippen LogP contribution >= 0.6 is 27.7 Å². The molecule has 0 aromatic heterocycles. The van der Waals surface area contributed by atoms with Gasteiger partial charge in [-0.15, -0.1) is 0 Å². The molecule has 5 nitrogen and oxygen atoms in total. The lowest BCUT2D eigenvalue weighted by Crippen LogP contribution is -2.40. The Morgan fingerprint density at radius 3 is 2.83 bits per heavy atom. The molecule has 7 heteroatoms. The molecule has 0 aliphatic carbocycles. The van der Waals surface area contributed by atoms with Crippen LogP contribution in [-0.2, 0) is 14.3 Å². The number of hydrogen-bond donors (Lipinski definition) is 0. The van der Waals surface area contributed by atoms with Crippen molar-refractivity contribution in [3.63, 3.8) is 0 Å². The van der Waals surface area contributed by atoms with Gasteiger partial charge in [-0.25, -0.2) is 9.79 Å². The number of hydrogen-bond acceptors (Lipinski definition) is 5. The Morgan fingerprint density at radius 1 is 1.43 bits per heavy atom. The molecule has 0 unspecified atom stereocenters. The number of ether oxygens (including phenoxy) is 1. The van der Waals surface area contributed by atoms with Crippen molar-refractivity contribution in [3.05, 3.63) is 45.6 Å². The molecule has 1 fully saturated rings. The minimum absolute atomic E-state index is 0.0485. The summed E-state index contributed by atoms with van der Waals surface area (Å²) in [6, 6.07) is 7.07. The van der Waals surface area contributed by atoms with Crippen LogP contribution in [0, 0.1) is 0 Å². The first-order valence-corrected chi connectivity index (χ1v) is 8.74. The molecule has 0 N–H and O–H groups in total. The standard InChI is InChI=1S/C16H15BrN2O3S/c1-8-12(15(21)22-3)13(10-5-4-6-11(17)7-10)19-14(20)9(2)23-16(19)18-8/h4-7,9,13H,1-3H3/t9-,13+/m0/s1. The highest BCUT2D eigenvalue weighted by molar-refractivity contribution is 9.10. The van der Waals surface area contributed by atoms with E-state index in [0.717, 1.165) is 10.0 Å². The summed E-state index contributed by atoms with van der Waals surface area (Å²) in [7, 11) is 1.34. The van der Waals surface area contributed by atoms with Crippen molar-refractivity contribution < 1.29 is 14.3 Å². The number of methoxy groups -OCH3 is 1. The number of amides is 1. The lowest BCUT2D eigenvalue weighted by atomic mass is 9.94. The lowest BCUT2D eigenvalue weighted by Gasteiger charge is -2.32. The van der Waals surface area contributed by atoms with Gasteiger partial charge in [0.05, 0.1) is 29.7 Å². The van der Waals surface area contributed by atoms with Gasteiger partial charge < -0.3 is 4.74 Å². The maximum atomic E-state index is 12.6. The van der Waals surface area contributed by atoms with E-state index in [1.165, 1.54) is 18.9 Å². The van der Waals surface area contributed by atoms with E-state index in [1.54, 1.807) is 11.8 Å². The number of halogens is 1. The molecule has 2 heterocycles. The molecule has 1 saturated heterocycles. The third-order valence-corrected chi connectivity index (χ3v) is 5.38. The van der Waals surface area contributed by atoms with E-state index in [4.69, 9.17) is 4.74 Å². The fourth-order valence-electron chi connectivity index (χ4n) is 2.77. The van der Waals surface area contributed by atoms with Crippen molar-refractivity contribution in [3.8, 4) is 0 Å². The predicted molar refractivity (Wildman–Crippen MR) is 92.9 cm³/mol. The number of fused-ring (bicyclic) bond motifs is 1. The lowest BCUT2D eigenvalue weighted by molar-refractivity contribution is -0.137. The molecule has 0 saturated carbocycles. The zero-order valence-electron chi connectivity index (χ0n) is 12.9. The number of aliphatic imine (C=N–C) groups is 1. The number of amidine groups is 1. The van der Waals surface area contributed by atoms with Crippen molar-refractivity contribution in [2.75, 3.05) is 7.11 Å². The Hall–Kier alpha value is -1.60. The Kier molecular flexibility index (Phi) is 4.33. The number of rotatable bonds is 2. The van der Waals surface area contributed by atoms with E-state index < -0.39 is 12.0 Å². The molecule has 0 radical (unpaired) electrons. The molecular formula is C16H15BrN2O3S. The van der Waals surface area contributed by atoms with E-state index in [9.17, 15) is 9.59 Å². The zero-order chi connectivity index (χ0) is 16.7. The SMILES string of the molecule is COC(=O)C1=C(C)N=C2S[C@@H](C)C(=O)N2[C@@H]1c1cccc(Br)c1. The highest BCUT2D eigenvalue weighted by atomic mass is 79.9. The highest BCUT2D eigenvalue weighted by Crippen LogP contribution is 2.43. The number of allylic oxidation sites excluding steroid dienone is 1. The van der Waals surface area contributed by atoms with Gasteiger partial charge in [0.2, 0.25) is 5.91 Å². The molecular weight excluding hydrogens is 380 g/mol. The van der Waals surface area contributed by atoms with Crippen LogP contribution in [0.15, 0.2) is 45.0 Å². The average Bonchev–Trinajstić information content (AvgIpc) is 2.79. The number of benzene rings is 1. The fourth-order valence-corrected chi connectivity index (χ4v) is 4.21. The summed E-state index contributed by atoms with van der Waals surface area (Å²) < 4.78 is 5.81. The summed E-state index contributed by atoms with van der Waals surface area (Å²) >= 11 is 4.86. The summed E-state index contributed by atoms with van der Waals surface area (Å²) in [5.74, 6) is -0.514. The van der Waals surface area contributed by atoms with E-state index in [1.807, 2.05) is 31.2 Å². The highest BCUT2D eigenvalue weighted by Gasteiger charge is 2.46. The number of carbonyl (C=O) groups is 2. The quantitative estimate of drug-likeness (QED) is 0.722. The van der Waals surface area contributed by atoms with Gasteiger partial charge in [-0.2, -0.15) is 0 Å². The Bertz CT molecular complexity index is 759. The number of thioether (sulfide) groups is 1. The van der Waals surface area contributed by atoms with Crippen LogP contribution in [0.2, 0.25) is 0 Å². The third-order valence-electron chi connectivity index (χ3n) is 3.83. The molecule has 0 spiro atoms. The maximum Gasteiger partial charge on any atom is 0.338 e. The fraction of sp³-hybridized carbons (Fsp3) is 0.312. The van der Waals surface area contributed by atoms with Gasteiger partial charge >= 0.3 is 5.97 Å². The van der Waals surface area contributed by atoms with Crippen LogP contribution in [0.3, 0.4) is 0 Å². The first-order valence-electron chi connectivity index (χ1n) is 7.07. The number of esters is 1. The number of carbonyl (C=O) groups excluding carboxylic acids is 2. The minimum Gasteiger partial charge on any atom is -0.466 e. The van der Waals surface area contributed by atoms with Crippen molar-refractivity contribution >= 4 is 44.7 Å². The first-order chi connectivity index (χ1) is 10.9. The first kappa shape index (κ1) is 16.3. The third kappa shape index (κ3) is 2.72. The number of nitrogens with zero attached hydrogens (tertiary/aromatic N) is 2. The van der Waals surface area contributed by atoms with Gasteiger partial charge in [0.15, 0.2) is 5.17 Å². The van der Waals surface area contributed by atoms with Crippen LogP contribution < -0.4 is 0 Å². The maximum absolute atomic E-state index is 12.6. The zero-order valence-corrected chi connectivity index (χ0v) is 15.3. The average molecular weight is 395 g/mol. The van der Waals surface area contributed by atoms with Gasteiger partial charge in [0, 0.05) is 4.47 Å². The van der Waals surface area contributed by atoms with Crippen LogP contribution in [0.25, 0.3) is 0 Å². The molecule has 2 atom stereocenters. The molecule has 3 rings (SSSR count). The summed E-state index contributed by atoms with van der Waals surface area (Å²) in [4.78, 5) is 31.0. The van der Waals surface area contributed by atoms with Crippen molar-refractivity contribution in [2.24, 2.45) is 4.99 Å². The largest absolute Gasteiger partial charge is 0.466 e. The van der Waals surface area contributed by atoms with E-state index in [-0.39, 0.29) is 11.2 Å². The molecule has 1 aromatic rings. The van der Waals surface area contributed by atoms with Crippen molar-refractivity contribution in [1.29, 1.82) is 0 Å². The van der Waals surface area contributed by atoms with E-state index >= 15 is 0 Å².